The molecule has 1 fully saturated rings. The van der Waals surface area contributed by atoms with Crippen LogP contribution in [-0.4, -0.2) is 135 Å². The molecule has 1 aromatic carbocycles. The molecule has 0 radical (unpaired) electrons. The van der Waals surface area contributed by atoms with Crippen LogP contribution in [0.15, 0.2) is 24.3 Å². The zero-order chi connectivity index (χ0) is 41.4. The van der Waals surface area contributed by atoms with Gasteiger partial charge in [0, 0.05) is 18.5 Å². The van der Waals surface area contributed by atoms with Crippen molar-refractivity contribution in [3.05, 3.63) is 35.6 Å². The summed E-state index contributed by atoms with van der Waals surface area (Å²) < 4.78 is 13.4. The van der Waals surface area contributed by atoms with Crippen LogP contribution in [0.5, 0.6) is 0 Å². The van der Waals surface area contributed by atoms with Crippen LogP contribution in [0.3, 0.4) is 0 Å². The molecule has 10 N–H and O–H groups in total. The summed E-state index contributed by atoms with van der Waals surface area (Å²) in [7, 11) is 0. The van der Waals surface area contributed by atoms with E-state index >= 15 is 0 Å². The van der Waals surface area contributed by atoms with Crippen LogP contribution in [0.4, 0.5) is 4.39 Å². The highest BCUT2D eigenvalue weighted by Crippen LogP contribution is 2.20. The van der Waals surface area contributed by atoms with E-state index < -0.39 is 102 Å². The van der Waals surface area contributed by atoms with Gasteiger partial charge in [0.2, 0.25) is 35.4 Å². The highest BCUT2D eigenvalue weighted by Gasteiger charge is 2.41. The summed E-state index contributed by atoms with van der Waals surface area (Å²) >= 11 is 1.37. The Morgan fingerprint density at radius 3 is 1.98 bits per heavy atom. The fraction of sp³-hybridized carbons (Fsp3) is 0.600. The number of aliphatic hydroxyl groups is 2. The maximum absolute atomic E-state index is 13.6. The number of nitrogens with one attached hydrogen (secondary N) is 5. The molecule has 20 heteroatoms. The molecular weight excluding hydrogens is 744 g/mol. The van der Waals surface area contributed by atoms with Crippen molar-refractivity contribution >= 4 is 59.1 Å². The molecule has 1 unspecified atom stereocenters. The van der Waals surface area contributed by atoms with Crippen molar-refractivity contribution in [3.8, 4) is 0 Å². The standard InChI is InChI=1S/C35H52FN7O11S/c1-18(2)16-24(35(53)54)40-33(51)26-6-5-14-43(26)34(52)28(19(3)45)42-32(50)25(17-44)41-30(48)22(11-12-27(37)46)39-31(49)23(13-15-55-4)38-29(47)20-7-9-21(36)10-8-20/h7-10,18-19,22-26,28,44-45H,5-6,11-17H2,1-4H3,(H2,37,46)(H,38,47)(H,39,49)(H,40,51)(H,41,48)(H,42,50)(H,53,54)/t19?,22-,23-,24-,25-,26-,28-/m0/s1/i36-1. The normalized spacial score (nSPS) is 17.2. The first-order chi connectivity index (χ1) is 25.9. The lowest BCUT2D eigenvalue weighted by molar-refractivity contribution is -0.146. The second kappa shape index (κ2) is 22.5. The van der Waals surface area contributed by atoms with E-state index in [1.807, 2.05) is 0 Å². The predicted octanol–water partition coefficient (Wildman–Crippen LogP) is -1.62. The number of nitrogens with zero attached hydrogens (tertiary/aromatic N) is 1. The molecule has 2 rings (SSSR count). The van der Waals surface area contributed by atoms with E-state index in [1.54, 1.807) is 20.1 Å². The van der Waals surface area contributed by atoms with Gasteiger partial charge in [-0.3, -0.25) is 33.6 Å². The van der Waals surface area contributed by atoms with Crippen LogP contribution in [0, 0.1) is 11.7 Å². The van der Waals surface area contributed by atoms with Gasteiger partial charge in [0.1, 0.15) is 42.1 Å². The van der Waals surface area contributed by atoms with Crippen molar-refractivity contribution in [2.45, 2.75) is 102 Å². The molecule has 1 heterocycles. The van der Waals surface area contributed by atoms with Gasteiger partial charge >= 0.3 is 5.97 Å². The first-order valence-corrected chi connectivity index (χ1v) is 19.2. The van der Waals surface area contributed by atoms with Crippen molar-refractivity contribution in [1.82, 2.24) is 31.5 Å². The fourth-order valence-electron chi connectivity index (χ4n) is 5.73. The minimum Gasteiger partial charge on any atom is -0.480 e. The number of carboxylic acids is 1. The maximum Gasteiger partial charge on any atom is 0.326 e. The Bertz CT molecular complexity index is 1530. The molecule has 7 amide bonds. The van der Waals surface area contributed by atoms with E-state index in [2.05, 4.69) is 26.6 Å². The topological polar surface area (TPSA) is 287 Å². The molecule has 1 aliphatic rings. The fourth-order valence-corrected chi connectivity index (χ4v) is 6.20. The Labute approximate surface area is 322 Å². The zero-order valence-electron chi connectivity index (χ0n) is 31.2. The summed E-state index contributed by atoms with van der Waals surface area (Å²) in [5.74, 6) is -7.58. The molecule has 7 atom stereocenters. The van der Waals surface area contributed by atoms with E-state index in [1.165, 1.54) is 30.8 Å². The number of hydrogen-bond acceptors (Lipinski definition) is 11. The van der Waals surface area contributed by atoms with Gasteiger partial charge in [-0.15, -0.1) is 0 Å². The minimum atomic E-state index is -1.75. The number of carboxylic acid groups (broad SMARTS) is 1. The van der Waals surface area contributed by atoms with Crippen LogP contribution in [-0.2, 0) is 33.6 Å². The summed E-state index contributed by atoms with van der Waals surface area (Å²) in [5, 5.41) is 42.1. The smallest absolute Gasteiger partial charge is 0.326 e. The molecule has 1 aliphatic heterocycles. The number of carbonyl (C=O) groups excluding carboxylic acids is 7. The van der Waals surface area contributed by atoms with Gasteiger partial charge in [0.05, 0.1) is 12.7 Å². The lowest BCUT2D eigenvalue weighted by atomic mass is 10.0. The van der Waals surface area contributed by atoms with Gasteiger partial charge in [-0.2, -0.15) is 11.8 Å². The minimum absolute atomic E-state index is 0.0572. The zero-order valence-corrected chi connectivity index (χ0v) is 32.0. The van der Waals surface area contributed by atoms with Crippen LogP contribution in [0.25, 0.3) is 0 Å². The largest absolute Gasteiger partial charge is 0.480 e. The van der Waals surface area contributed by atoms with E-state index in [4.69, 9.17) is 5.73 Å². The average molecular weight is 797 g/mol. The number of aliphatic carboxylic acids is 1. The van der Waals surface area contributed by atoms with Gasteiger partial charge < -0.3 is 52.5 Å². The lowest BCUT2D eigenvalue weighted by Gasteiger charge is -2.31. The molecule has 306 valence electrons. The van der Waals surface area contributed by atoms with Crippen LogP contribution >= 0.6 is 11.8 Å². The second-order valence-electron chi connectivity index (χ2n) is 13.6. The first kappa shape index (κ1) is 46.3. The lowest BCUT2D eigenvalue weighted by Crippen LogP contribution is -2.62. The monoisotopic (exact) mass is 796 g/mol. The van der Waals surface area contributed by atoms with E-state index in [9.17, 15) is 58.1 Å². The maximum atomic E-state index is 13.6. The number of aliphatic hydroxyl groups excluding tert-OH is 2. The van der Waals surface area contributed by atoms with Crippen molar-refractivity contribution in [1.29, 1.82) is 0 Å². The SMILES string of the molecule is CSCC[C@H](NC(=O)c1ccc([18F])cc1)C(=O)N[C@@H](CCC(N)=O)C(=O)N[C@@H](CO)C(=O)N[C@H](C(=O)N1CCC[C@H]1C(=O)N[C@@H](CC(C)C)C(=O)O)C(C)O. The van der Waals surface area contributed by atoms with Gasteiger partial charge in [0.25, 0.3) is 5.91 Å². The predicted molar refractivity (Wildman–Crippen MR) is 197 cm³/mol. The highest BCUT2D eigenvalue weighted by molar-refractivity contribution is 7.98. The molecule has 0 aromatic heterocycles. The van der Waals surface area contributed by atoms with E-state index in [-0.39, 0.29) is 50.1 Å². The third-order valence-corrected chi connectivity index (χ3v) is 9.32. The molecule has 0 bridgehead atoms. The number of amides is 7. The summed E-state index contributed by atoms with van der Waals surface area (Å²) in [6, 6.07) is -3.83. The van der Waals surface area contributed by atoms with Gasteiger partial charge in [0.15, 0.2) is 0 Å². The number of halogens is 1. The van der Waals surface area contributed by atoms with Crippen molar-refractivity contribution in [2.24, 2.45) is 11.7 Å². The Hall–Kier alpha value is -4.82. The van der Waals surface area contributed by atoms with Crippen molar-refractivity contribution in [3.63, 3.8) is 0 Å². The number of nitrogens with two attached hydrogens (primary N) is 1. The summed E-state index contributed by atoms with van der Waals surface area (Å²) in [5.41, 5.74) is 5.34. The molecule has 18 nitrogen and oxygen atoms in total. The summed E-state index contributed by atoms with van der Waals surface area (Å²) in [6.07, 6.45) is 0.304. The Balaban J connectivity index is 2.21. The van der Waals surface area contributed by atoms with E-state index in [0.29, 0.717) is 12.2 Å². The summed E-state index contributed by atoms with van der Waals surface area (Å²) in [4.78, 5) is 104. The number of rotatable bonds is 22. The second-order valence-corrected chi connectivity index (χ2v) is 14.6. The number of thioether (sulfide) groups is 1. The molecule has 0 saturated carbocycles. The van der Waals surface area contributed by atoms with Crippen molar-refractivity contribution in [2.75, 3.05) is 25.2 Å². The van der Waals surface area contributed by atoms with Gasteiger partial charge in [-0.05, 0) is 81.2 Å². The highest BCUT2D eigenvalue weighted by atomic mass is 32.2. The Morgan fingerprint density at radius 1 is 0.873 bits per heavy atom. The van der Waals surface area contributed by atoms with Crippen LogP contribution in [0.1, 0.15) is 69.7 Å². The third-order valence-electron chi connectivity index (χ3n) is 8.67. The molecule has 1 aromatic rings. The van der Waals surface area contributed by atoms with Gasteiger partial charge in [-0.1, -0.05) is 13.8 Å². The average Bonchev–Trinajstić information content (AvgIpc) is 3.62. The molecule has 0 spiro atoms. The number of likely N-dealkylation sites (tertiary alicyclic amines) is 1. The first-order valence-electron chi connectivity index (χ1n) is 17.8. The summed E-state index contributed by atoms with van der Waals surface area (Å²) in [6.45, 7) is 3.81. The molecule has 0 aliphatic carbocycles. The molecular formula is C35H52FN7O11S. The molecule has 1 saturated heterocycles. The van der Waals surface area contributed by atoms with Crippen LogP contribution in [0.2, 0.25) is 0 Å². The number of carbonyl (C=O) groups is 8. The van der Waals surface area contributed by atoms with Crippen LogP contribution < -0.4 is 32.3 Å². The molecule has 55 heavy (non-hydrogen) atoms. The Morgan fingerprint density at radius 2 is 1.45 bits per heavy atom. The van der Waals surface area contributed by atoms with Gasteiger partial charge in [-0.25, -0.2) is 9.18 Å². The quantitative estimate of drug-likeness (QED) is 0.0640. The van der Waals surface area contributed by atoms with Crippen molar-refractivity contribution < 1.29 is 58.1 Å². The number of benzene rings is 1. The Kier molecular flexibility index (Phi) is 19.0. The third kappa shape index (κ3) is 14.7. The number of hydrogen-bond donors (Lipinski definition) is 9. The number of primary amides is 1. The van der Waals surface area contributed by atoms with E-state index in [0.717, 1.165) is 17.0 Å².